The van der Waals surface area contributed by atoms with Crippen LogP contribution in [0.3, 0.4) is 0 Å². The highest BCUT2D eigenvalue weighted by Gasteiger charge is 2.16. The van der Waals surface area contributed by atoms with E-state index in [1.807, 2.05) is 68.4 Å². The van der Waals surface area contributed by atoms with Crippen molar-refractivity contribution in [2.24, 2.45) is 0 Å². The maximum Gasteiger partial charge on any atom is 0.251 e. The van der Waals surface area contributed by atoms with E-state index in [0.717, 1.165) is 33.4 Å². The molecule has 0 saturated carbocycles. The number of sulfonamides is 1. The van der Waals surface area contributed by atoms with Gasteiger partial charge in [0.2, 0.25) is 10.0 Å². The van der Waals surface area contributed by atoms with Crippen molar-refractivity contribution in [2.45, 2.75) is 46.1 Å². The monoisotopic (exact) mass is 558 g/mol. The molecule has 4 aromatic rings. The highest BCUT2D eigenvalue weighted by molar-refractivity contribution is 7.93. The zero-order chi connectivity index (χ0) is 28.9. The number of amides is 1. The number of carbonyl (C=O) groups excluding carboxylic acids is 1. The van der Waals surface area contributed by atoms with E-state index in [0.29, 0.717) is 23.5 Å². The molecule has 0 aliphatic heterocycles. The molecule has 8 heteroatoms. The highest BCUT2D eigenvalue weighted by Crippen LogP contribution is 2.24. The molecule has 0 bridgehead atoms. The van der Waals surface area contributed by atoms with Gasteiger partial charge in [-0.3, -0.25) is 9.52 Å². The van der Waals surface area contributed by atoms with Gasteiger partial charge in [0.25, 0.3) is 5.91 Å². The van der Waals surface area contributed by atoms with Crippen LogP contribution in [0, 0.1) is 13.8 Å². The number of carbonyl (C=O) groups is 1. The van der Waals surface area contributed by atoms with Gasteiger partial charge < -0.3 is 15.2 Å². The third-order valence-corrected chi connectivity index (χ3v) is 8.19. The summed E-state index contributed by atoms with van der Waals surface area (Å²) in [6, 6.07) is 25.5. The molecule has 0 radical (unpaired) electrons. The number of hydrogen-bond donors (Lipinski definition) is 3. The molecule has 0 spiro atoms. The molecule has 1 amide bonds. The number of rotatable bonds is 10. The van der Waals surface area contributed by atoms with Gasteiger partial charge in [0.05, 0.1) is 5.25 Å². The Bertz CT molecular complexity index is 1610. The van der Waals surface area contributed by atoms with E-state index in [4.69, 9.17) is 4.74 Å². The SMILES string of the molecule is Cc1cc(COc2ccc(CNC(=O)c3cccc(-c4ccc(O)cc4)c3)cc2C)cc(NS(=O)(=O)C(C)C)c1. The molecule has 0 saturated heterocycles. The Morgan fingerprint density at radius 3 is 2.33 bits per heavy atom. The molecule has 0 aliphatic carbocycles. The topological polar surface area (TPSA) is 105 Å². The summed E-state index contributed by atoms with van der Waals surface area (Å²) in [6.45, 7) is 7.77. The average molecular weight is 559 g/mol. The minimum absolute atomic E-state index is 0.179. The van der Waals surface area contributed by atoms with Crippen molar-refractivity contribution in [3.8, 4) is 22.6 Å². The van der Waals surface area contributed by atoms with E-state index in [1.54, 1.807) is 44.2 Å². The van der Waals surface area contributed by atoms with Gasteiger partial charge >= 0.3 is 0 Å². The molecule has 40 heavy (non-hydrogen) atoms. The number of aryl methyl sites for hydroxylation is 2. The first-order valence-corrected chi connectivity index (χ1v) is 14.6. The molecule has 0 heterocycles. The molecule has 0 aliphatic rings. The Labute approximate surface area is 235 Å². The first-order chi connectivity index (χ1) is 19.0. The minimum atomic E-state index is -3.44. The number of phenolic OH excluding ortho intramolecular Hbond substituents is 1. The second kappa shape index (κ2) is 12.3. The van der Waals surface area contributed by atoms with Gasteiger partial charge in [0.15, 0.2) is 0 Å². The number of benzene rings is 4. The van der Waals surface area contributed by atoms with E-state index in [2.05, 4.69) is 10.0 Å². The molecule has 4 aromatic carbocycles. The molecule has 7 nitrogen and oxygen atoms in total. The summed E-state index contributed by atoms with van der Waals surface area (Å²) in [5.74, 6) is 0.727. The second-order valence-corrected chi connectivity index (χ2v) is 12.3. The third-order valence-electron chi connectivity index (χ3n) is 6.43. The summed E-state index contributed by atoms with van der Waals surface area (Å²) in [5.41, 5.74) is 6.52. The van der Waals surface area contributed by atoms with Crippen LogP contribution in [0.5, 0.6) is 11.5 Å². The molecule has 4 rings (SSSR count). The molecule has 0 unspecified atom stereocenters. The fourth-order valence-electron chi connectivity index (χ4n) is 4.21. The normalized spacial score (nSPS) is 11.3. The maximum atomic E-state index is 12.8. The summed E-state index contributed by atoms with van der Waals surface area (Å²) in [5, 5.41) is 12.0. The molecule has 0 atom stereocenters. The zero-order valence-corrected chi connectivity index (χ0v) is 23.9. The van der Waals surface area contributed by atoms with Gasteiger partial charge in [-0.1, -0.05) is 42.5 Å². The van der Waals surface area contributed by atoms with Gasteiger partial charge in [-0.25, -0.2) is 8.42 Å². The lowest BCUT2D eigenvalue weighted by Crippen LogP contribution is -2.22. The van der Waals surface area contributed by atoms with Crippen molar-refractivity contribution < 1.29 is 23.1 Å². The van der Waals surface area contributed by atoms with Crippen molar-refractivity contribution in [1.29, 1.82) is 0 Å². The third kappa shape index (κ3) is 7.42. The van der Waals surface area contributed by atoms with Crippen LogP contribution in [0.25, 0.3) is 11.1 Å². The number of anilines is 1. The number of aromatic hydroxyl groups is 1. The number of nitrogens with one attached hydrogen (secondary N) is 2. The Kier molecular flexibility index (Phi) is 8.80. The fraction of sp³-hybridized carbons (Fsp3) is 0.219. The van der Waals surface area contributed by atoms with Gasteiger partial charge in [-0.15, -0.1) is 0 Å². The zero-order valence-electron chi connectivity index (χ0n) is 23.1. The second-order valence-electron chi connectivity index (χ2n) is 10.1. The summed E-state index contributed by atoms with van der Waals surface area (Å²) in [7, 11) is -3.44. The van der Waals surface area contributed by atoms with Crippen LogP contribution >= 0.6 is 0 Å². The lowest BCUT2D eigenvalue weighted by Gasteiger charge is -2.14. The molecular weight excluding hydrogens is 524 g/mol. The van der Waals surface area contributed by atoms with Crippen LogP contribution in [0.1, 0.15) is 46.5 Å². The highest BCUT2D eigenvalue weighted by atomic mass is 32.2. The van der Waals surface area contributed by atoms with Gasteiger partial charge in [0, 0.05) is 17.8 Å². The average Bonchev–Trinajstić information content (AvgIpc) is 2.91. The van der Waals surface area contributed by atoms with E-state index >= 15 is 0 Å². The largest absolute Gasteiger partial charge is 0.508 e. The summed E-state index contributed by atoms with van der Waals surface area (Å²) >= 11 is 0. The van der Waals surface area contributed by atoms with Gasteiger partial charge in [-0.2, -0.15) is 0 Å². The Hall–Kier alpha value is -4.30. The van der Waals surface area contributed by atoms with Crippen molar-refractivity contribution in [3.63, 3.8) is 0 Å². The molecular formula is C32H34N2O5S. The number of phenols is 1. The van der Waals surface area contributed by atoms with Crippen molar-refractivity contribution >= 4 is 21.6 Å². The predicted octanol–water partition coefficient (Wildman–Crippen LogP) is 6.34. The first kappa shape index (κ1) is 28.7. The van der Waals surface area contributed by atoms with E-state index in [1.165, 1.54) is 0 Å². The van der Waals surface area contributed by atoms with Crippen molar-refractivity contribution in [2.75, 3.05) is 4.72 Å². The minimum Gasteiger partial charge on any atom is -0.508 e. The molecule has 208 valence electrons. The Morgan fingerprint density at radius 1 is 0.875 bits per heavy atom. The Balaban J connectivity index is 1.37. The van der Waals surface area contributed by atoms with Crippen LogP contribution in [0.2, 0.25) is 0 Å². The van der Waals surface area contributed by atoms with Crippen LogP contribution in [-0.4, -0.2) is 24.7 Å². The summed E-state index contributed by atoms with van der Waals surface area (Å²) in [6.07, 6.45) is 0. The van der Waals surface area contributed by atoms with Gasteiger partial charge in [0.1, 0.15) is 18.1 Å². The quantitative estimate of drug-likeness (QED) is 0.211. The smallest absolute Gasteiger partial charge is 0.251 e. The van der Waals surface area contributed by atoms with Crippen LogP contribution in [0.15, 0.2) is 84.9 Å². The maximum absolute atomic E-state index is 12.8. The Morgan fingerprint density at radius 2 is 1.62 bits per heavy atom. The van der Waals surface area contributed by atoms with Crippen LogP contribution < -0.4 is 14.8 Å². The lowest BCUT2D eigenvalue weighted by molar-refractivity contribution is 0.0951. The predicted molar refractivity (Wildman–Crippen MR) is 159 cm³/mol. The van der Waals surface area contributed by atoms with E-state index < -0.39 is 15.3 Å². The lowest BCUT2D eigenvalue weighted by atomic mass is 10.0. The number of ether oxygens (including phenoxy) is 1. The first-order valence-electron chi connectivity index (χ1n) is 13.0. The molecule has 3 N–H and O–H groups in total. The molecule has 0 fully saturated rings. The van der Waals surface area contributed by atoms with Crippen molar-refractivity contribution in [1.82, 2.24) is 5.32 Å². The van der Waals surface area contributed by atoms with Crippen molar-refractivity contribution in [3.05, 3.63) is 113 Å². The summed E-state index contributed by atoms with van der Waals surface area (Å²) < 4.78 is 33.2. The van der Waals surface area contributed by atoms with Gasteiger partial charge in [-0.05, 0) is 104 Å². The number of hydrogen-bond acceptors (Lipinski definition) is 5. The molecule has 0 aromatic heterocycles. The fourth-order valence-corrected chi connectivity index (χ4v) is 4.89. The van der Waals surface area contributed by atoms with E-state index in [9.17, 15) is 18.3 Å². The van der Waals surface area contributed by atoms with Crippen LogP contribution in [0.4, 0.5) is 5.69 Å². The summed E-state index contributed by atoms with van der Waals surface area (Å²) in [4.78, 5) is 12.8. The van der Waals surface area contributed by atoms with E-state index in [-0.39, 0.29) is 18.3 Å². The van der Waals surface area contributed by atoms with Crippen LogP contribution in [-0.2, 0) is 23.2 Å². The standard InChI is InChI=1S/C32H34N2O5S/c1-21(2)40(37,38)34-29-15-22(3)14-25(17-29)20-39-31-13-8-24(16-23(31)4)19-33-32(36)28-7-5-6-27(18-28)26-9-11-30(35)12-10-26/h5-18,21,34-35H,19-20H2,1-4H3,(H,33,36).